The van der Waals surface area contributed by atoms with Gasteiger partial charge in [-0.15, -0.1) is 0 Å². The van der Waals surface area contributed by atoms with E-state index in [2.05, 4.69) is 11.9 Å². The largest absolute Gasteiger partial charge is 0.478 e. The maximum absolute atomic E-state index is 12.1. The molecule has 1 aromatic carbocycles. The number of hydrogen-bond acceptors (Lipinski definition) is 3. The lowest BCUT2D eigenvalue weighted by molar-refractivity contribution is -0.134. The maximum atomic E-state index is 12.1. The van der Waals surface area contributed by atoms with Crippen LogP contribution >= 0.6 is 0 Å². The number of carboxylic acid groups (broad SMARTS) is 1. The fourth-order valence-electron chi connectivity index (χ4n) is 2.09. The molecule has 0 saturated carbocycles. The van der Waals surface area contributed by atoms with Gasteiger partial charge in [-0.05, 0) is 24.0 Å². The molecule has 0 spiro atoms. The van der Waals surface area contributed by atoms with Gasteiger partial charge in [0.1, 0.15) is 5.78 Å². The molecule has 0 aromatic heterocycles. The molecular formula is C20H27NO4. The lowest BCUT2D eigenvalue weighted by Crippen LogP contribution is -2.35. The predicted octanol–water partition coefficient (Wildman–Crippen LogP) is 3.27. The lowest BCUT2D eigenvalue weighted by atomic mass is 9.89. The second-order valence-corrected chi connectivity index (χ2v) is 6.86. The molecule has 1 rings (SSSR count). The predicted molar refractivity (Wildman–Crippen MR) is 97.1 cm³/mol. The normalized spacial score (nSPS) is 11.0. The van der Waals surface area contributed by atoms with Crippen molar-refractivity contribution in [3.05, 3.63) is 47.5 Å². The molecule has 0 aliphatic rings. The summed E-state index contributed by atoms with van der Waals surface area (Å²) in [5, 5.41) is 11.7. The Balaban J connectivity index is 2.46. The Morgan fingerprint density at radius 2 is 1.68 bits per heavy atom. The van der Waals surface area contributed by atoms with Gasteiger partial charge in [-0.2, -0.15) is 0 Å². The number of amides is 1. The Kier molecular flexibility index (Phi) is 7.55. The zero-order valence-corrected chi connectivity index (χ0v) is 15.2. The molecular weight excluding hydrogens is 318 g/mol. The lowest BCUT2D eigenvalue weighted by Gasteiger charge is -2.21. The van der Waals surface area contributed by atoms with Crippen LogP contribution in [0.1, 0.15) is 51.2 Å². The number of carboxylic acids is 1. The highest BCUT2D eigenvalue weighted by Crippen LogP contribution is 2.19. The summed E-state index contributed by atoms with van der Waals surface area (Å²) in [4.78, 5) is 34.4. The van der Waals surface area contributed by atoms with Crippen molar-refractivity contribution in [1.29, 1.82) is 0 Å². The maximum Gasteiger partial charge on any atom is 0.331 e. The number of aliphatic carboxylic acids is 1. The van der Waals surface area contributed by atoms with E-state index in [0.717, 1.165) is 17.5 Å². The third-order valence-corrected chi connectivity index (χ3v) is 4.38. The second kappa shape index (κ2) is 9.16. The van der Waals surface area contributed by atoms with E-state index in [1.807, 2.05) is 45.0 Å². The zero-order chi connectivity index (χ0) is 19.0. The molecule has 0 heterocycles. The molecule has 136 valence electrons. The van der Waals surface area contributed by atoms with Crippen molar-refractivity contribution in [2.24, 2.45) is 5.41 Å². The van der Waals surface area contributed by atoms with Gasteiger partial charge in [-0.25, -0.2) is 4.79 Å². The average molecular weight is 345 g/mol. The molecule has 1 amide bonds. The summed E-state index contributed by atoms with van der Waals surface area (Å²) >= 11 is 0. The molecule has 5 heteroatoms. The van der Waals surface area contributed by atoms with Crippen LogP contribution < -0.4 is 5.32 Å². The number of benzene rings is 1. The minimum Gasteiger partial charge on any atom is -0.478 e. The molecule has 0 bridgehead atoms. The molecule has 0 fully saturated rings. The first-order valence-electron chi connectivity index (χ1n) is 8.44. The van der Waals surface area contributed by atoms with E-state index in [-0.39, 0.29) is 35.5 Å². The van der Waals surface area contributed by atoms with E-state index in [1.165, 1.54) is 0 Å². The summed E-state index contributed by atoms with van der Waals surface area (Å²) in [5.41, 5.74) is 1.54. The molecule has 0 unspecified atom stereocenters. The van der Waals surface area contributed by atoms with Gasteiger partial charge in [0.15, 0.2) is 0 Å². The fourth-order valence-corrected chi connectivity index (χ4v) is 2.09. The topological polar surface area (TPSA) is 83.5 Å². The highest BCUT2D eigenvalue weighted by molar-refractivity contribution is 5.94. The summed E-state index contributed by atoms with van der Waals surface area (Å²) in [6.07, 6.45) is 1.50. The van der Waals surface area contributed by atoms with Crippen LogP contribution in [0.25, 0.3) is 0 Å². The standard InChI is InChI=1S/C20H27NO4/c1-5-20(3,4)19(25)21-13-16-8-6-15(7-9-16)10-11-17(22)12-14(2)18(23)24/h6-9H,2,5,10-13H2,1,3-4H3,(H,21,25)(H,23,24). The van der Waals surface area contributed by atoms with Crippen LogP contribution in [0.2, 0.25) is 0 Å². The van der Waals surface area contributed by atoms with Crippen molar-refractivity contribution in [2.45, 2.75) is 53.0 Å². The highest BCUT2D eigenvalue weighted by Gasteiger charge is 2.24. The van der Waals surface area contributed by atoms with E-state index in [4.69, 9.17) is 5.11 Å². The van der Waals surface area contributed by atoms with E-state index < -0.39 is 5.97 Å². The molecule has 0 radical (unpaired) electrons. The smallest absolute Gasteiger partial charge is 0.331 e. The van der Waals surface area contributed by atoms with Crippen molar-refractivity contribution in [2.75, 3.05) is 0 Å². The second-order valence-electron chi connectivity index (χ2n) is 6.86. The number of ketones is 1. The van der Waals surface area contributed by atoms with Crippen molar-refractivity contribution < 1.29 is 19.5 Å². The monoisotopic (exact) mass is 345 g/mol. The zero-order valence-electron chi connectivity index (χ0n) is 15.2. The summed E-state index contributed by atoms with van der Waals surface area (Å²) in [7, 11) is 0. The third kappa shape index (κ3) is 6.91. The summed E-state index contributed by atoms with van der Waals surface area (Å²) in [5.74, 6) is -1.24. The van der Waals surface area contributed by atoms with Gasteiger partial charge in [-0.3, -0.25) is 9.59 Å². The molecule has 1 aromatic rings. The Morgan fingerprint density at radius 1 is 1.12 bits per heavy atom. The van der Waals surface area contributed by atoms with Gasteiger partial charge in [0.2, 0.25) is 5.91 Å². The van der Waals surface area contributed by atoms with Crippen LogP contribution in [-0.2, 0) is 27.3 Å². The first-order chi connectivity index (χ1) is 11.7. The number of rotatable bonds is 10. The highest BCUT2D eigenvalue weighted by atomic mass is 16.4. The minimum atomic E-state index is -1.13. The van der Waals surface area contributed by atoms with E-state index in [1.54, 1.807) is 0 Å². The Labute approximate surface area is 149 Å². The molecule has 0 aliphatic heterocycles. The number of carbonyl (C=O) groups excluding carboxylic acids is 2. The SMILES string of the molecule is C=C(CC(=O)CCc1ccc(CNC(=O)C(C)(C)CC)cc1)C(=O)O. The van der Waals surface area contributed by atoms with Crippen LogP contribution in [0.15, 0.2) is 36.4 Å². The third-order valence-electron chi connectivity index (χ3n) is 4.38. The van der Waals surface area contributed by atoms with Gasteiger partial charge in [0.05, 0.1) is 0 Å². The van der Waals surface area contributed by atoms with Crippen molar-refractivity contribution in [3.63, 3.8) is 0 Å². The molecule has 25 heavy (non-hydrogen) atoms. The average Bonchev–Trinajstić information content (AvgIpc) is 2.58. The summed E-state index contributed by atoms with van der Waals surface area (Å²) in [6, 6.07) is 7.70. The van der Waals surface area contributed by atoms with Crippen LogP contribution in [0, 0.1) is 5.41 Å². The first kappa shape index (κ1) is 20.6. The van der Waals surface area contributed by atoms with Crippen molar-refractivity contribution >= 4 is 17.7 Å². The molecule has 0 aliphatic carbocycles. The van der Waals surface area contributed by atoms with Crippen LogP contribution in [0.3, 0.4) is 0 Å². The Bertz CT molecular complexity index is 644. The molecule has 0 atom stereocenters. The van der Waals surface area contributed by atoms with Gasteiger partial charge >= 0.3 is 5.97 Å². The molecule has 2 N–H and O–H groups in total. The molecule has 0 saturated heterocycles. The molecule has 5 nitrogen and oxygen atoms in total. The quantitative estimate of drug-likeness (QED) is 0.638. The van der Waals surface area contributed by atoms with Crippen molar-refractivity contribution in [1.82, 2.24) is 5.32 Å². The van der Waals surface area contributed by atoms with Crippen LogP contribution in [0.5, 0.6) is 0 Å². The number of nitrogens with one attached hydrogen (secondary N) is 1. The number of Topliss-reactive ketones (excluding diaryl/α,β-unsaturated/α-hetero) is 1. The van der Waals surface area contributed by atoms with Gasteiger partial charge < -0.3 is 10.4 Å². The number of aryl methyl sites for hydroxylation is 1. The Hall–Kier alpha value is -2.43. The minimum absolute atomic E-state index is 0.0309. The van der Waals surface area contributed by atoms with Crippen molar-refractivity contribution in [3.8, 4) is 0 Å². The Morgan fingerprint density at radius 3 is 2.20 bits per heavy atom. The van der Waals surface area contributed by atoms with Crippen LogP contribution in [-0.4, -0.2) is 22.8 Å². The van der Waals surface area contributed by atoms with E-state index in [0.29, 0.717) is 13.0 Å². The van der Waals surface area contributed by atoms with Gasteiger partial charge in [0, 0.05) is 30.4 Å². The van der Waals surface area contributed by atoms with Gasteiger partial charge in [-0.1, -0.05) is 51.6 Å². The fraction of sp³-hybridized carbons (Fsp3) is 0.450. The first-order valence-corrected chi connectivity index (χ1v) is 8.44. The van der Waals surface area contributed by atoms with Crippen LogP contribution in [0.4, 0.5) is 0 Å². The van der Waals surface area contributed by atoms with E-state index in [9.17, 15) is 14.4 Å². The summed E-state index contributed by atoms with van der Waals surface area (Å²) < 4.78 is 0. The van der Waals surface area contributed by atoms with Gasteiger partial charge in [0.25, 0.3) is 0 Å². The van der Waals surface area contributed by atoms with E-state index >= 15 is 0 Å². The number of carbonyl (C=O) groups is 3. The number of hydrogen-bond donors (Lipinski definition) is 2. The summed E-state index contributed by atoms with van der Waals surface area (Å²) in [6.45, 7) is 9.66.